The summed E-state index contributed by atoms with van der Waals surface area (Å²) in [6.07, 6.45) is 4.75. The van der Waals surface area contributed by atoms with Crippen LogP contribution in [0.15, 0.2) is 24.3 Å². The van der Waals surface area contributed by atoms with Gasteiger partial charge in [-0.25, -0.2) is 0 Å². The summed E-state index contributed by atoms with van der Waals surface area (Å²) in [4.78, 5) is 0. The van der Waals surface area contributed by atoms with Gasteiger partial charge in [0.05, 0.1) is 0 Å². The van der Waals surface area contributed by atoms with E-state index < -0.39 is 0 Å². The average molecular weight is 254 g/mol. The van der Waals surface area contributed by atoms with Crippen LogP contribution >= 0.6 is 11.6 Å². The van der Waals surface area contributed by atoms with E-state index in [1.54, 1.807) is 0 Å². The van der Waals surface area contributed by atoms with Crippen molar-refractivity contribution < 1.29 is 0 Å². The molecule has 0 aliphatic heterocycles. The van der Waals surface area contributed by atoms with Gasteiger partial charge in [-0.1, -0.05) is 56.5 Å². The van der Waals surface area contributed by atoms with Gasteiger partial charge >= 0.3 is 0 Å². The molecule has 2 N–H and O–H groups in total. The van der Waals surface area contributed by atoms with E-state index in [2.05, 4.69) is 19.9 Å². The molecule has 0 bridgehead atoms. The maximum absolute atomic E-state index is 6.18. The molecule has 17 heavy (non-hydrogen) atoms. The van der Waals surface area contributed by atoms with Crippen LogP contribution in [-0.2, 0) is 6.42 Å². The lowest BCUT2D eigenvalue weighted by atomic mass is 9.88. The van der Waals surface area contributed by atoms with Crippen LogP contribution in [0.4, 0.5) is 0 Å². The first kappa shape index (κ1) is 14.5. The summed E-state index contributed by atoms with van der Waals surface area (Å²) < 4.78 is 0. The Morgan fingerprint density at radius 1 is 1.29 bits per heavy atom. The van der Waals surface area contributed by atoms with Crippen molar-refractivity contribution in [2.45, 2.75) is 39.5 Å². The van der Waals surface area contributed by atoms with Gasteiger partial charge in [0.25, 0.3) is 0 Å². The van der Waals surface area contributed by atoms with Crippen molar-refractivity contribution in [2.24, 2.45) is 17.6 Å². The van der Waals surface area contributed by atoms with Crippen LogP contribution in [0.3, 0.4) is 0 Å². The van der Waals surface area contributed by atoms with Gasteiger partial charge in [-0.3, -0.25) is 0 Å². The quantitative estimate of drug-likeness (QED) is 0.771. The Morgan fingerprint density at radius 2 is 2.00 bits per heavy atom. The second-order valence-electron chi connectivity index (χ2n) is 5.03. The largest absolute Gasteiger partial charge is 0.330 e. The summed E-state index contributed by atoms with van der Waals surface area (Å²) in [5.74, 6) is 1.31. The smallest absolute Gasteiger partial charge is 0.0438 e. The zero-order valence-electron chi connectivity index (χ0n) is 11.0. The van der Waals surface area contributed by atoms with Crippen molar-refractivity contribution in [1.29, 1.82) is 0 Å². The Bertz CT molecular complexity index is 324. The van der Waals surface area contributed by atoms with Crippen LogP contribution in [0, 0.1) is 11.8 Å². The summed E-state index contributed by atoms with van der Waals surface area (Å²) in [6, 6.07) is 8.09. The van der Waals surface area contributed by atoms with Crippen molar-refractivity contribution in [1.82, 2.24) is 0 Å². The second kappa shape index (κ2) is 7.73. The van der Waals surface area contributed by atoms with Gasteiger partial charge < -0.3 is 5.73 Å². The lowest BCUT2D eigenvalue weighted by Crippen LogP contribution is -2.19. The van der Waals surface area contributed by atoms with Crippen molar-refractivity contribution in [2.75, 3.05) is 6.54 Å². The molecule has 96 valence electrons. The predicted molar refractivity (Wildman–Crippen MR) is 76.4 cm³/mol. The number of hydrogen-bond donors (Lipinski definition) is 1. The van der Waals surface area contributed by atoms with Crippen LogP contribution in [0.2, 0.25) is 5.02 Å². The minimum absolute atomic E-state index is 0.552. The molecule has 2 atom stereocenters. The van der Waals surface area contributed by atoms with E-state index in [4.69, 9.17) is 17.3 Å². The molecule has 1 nitrogen and oxygen atoms in total. The zero-order chi connectivity index (χ0) is 12.7. The van der Waals surface area contributed by atoms with Gasteiger partial charge in [0.1, 0.15) is 0 Å². The van der Waals surface area contributed by atoms with Crippen molar-refractivity contribution in [3.8, 4) is 0 Å². The number of rotatable bonds is 7. The van der Waals surface area contributed by atoms with E-state index in [1.807, 2.05) is 18.2 Å². The van der Waals surface area contributed by atoms with E-state index >= 15 is 0 Å². The third kappa shape index (κ3) is 5.10. The molecule has 0 saturated carbocycles. The molecule has 0 saturated heterocycles. The van der Waals surface area contributed by atoms with Crippen LogP contribution in [-0.4, -0.2) is 6.54 Å². The molecule has 0 fully saturated rings. The van der Waals surface area contributed by atoms with Crippen LogP contribution < -0.4 is 5.73 Å². The SMILES string of the molecule is CCCC(C)CC(CN)Cc1ccccc1Cl. The first-order chi connectivity index (χ1) is 8.17. The fourth-order valence-electron chi connectivity index (χ4n) is 2.42. The van der Waals surface area contributed by atoms with Gasteiger partial charge in [-0.15, -0.1) is 0 Å². The summed E-state index contributed by atoms with van der Waals surface area (Å²) in [6.45, 7) is 5.31. The van der Waals surface area contributed by atoms with Gasteiger partial charge in [-0.2, -0.15) is 0 Å². The number of halogens is 1. The van der Waals surface area contributed by atoms with E-state index in [-0.39, 0.29) is 0 Å². The van der Waals surface area contributed by atoms with Crippen molar-refractivity contribution in [3.05, 3.63) is 34.9 Å². The van der Waals surface area contributed by atoms with E-state index in [9.17, 15) is 0 Å². The normalized spacial score (nSPS) is 14.6. The van der Waals surface area contributed by atoms with E-state index in [0.29, 0.717) is 5.92 Å². The molecule has 0 aromatic heterocycles. The van der Waals surface area contributed by atoms with Crippen molar-refractivity contribution >= 4 is 11.6 Å². The molecule has 0 radical (unpaired) electrons. The Kier molecular flexibility index (Phi) is 6.61. The van der Waals surface area contributed by atoms with Gasteiger partial charge in [-0.05, 0) is 42.9 Å². The Morgan fingerprint density at radius 3 is 2.59 bits per heavy atom. The molecule has 0 aliphatic carbocycles. The third-order valence-electron chi connectivity index (χ3n) is 3.32. The monoisotopic (exact) mass is 253 g/mol. The minimum Gasteiger partial charge on any atom is -0.330 e. The van der Waals surface area contributed by atoms with Crippen molar-refractivity contribution in [3.63, 3.8) is 0 Å². The molecule has 1 rings (SSSR count). The molecule has 0 aliphatic rings. The van der Waals surface area contributed by atoms with Crippen LogP contribution in [0.5, 0.6) is 0 Å². The van der Waals surface area contributed by atoms with Gasteiger partial charge in [0.15, 0.2) is 0 Å². The molecule has 2 unspecified atom stereocenters. The lowest BCUT2D eigenvalue weighted by Gasteiger charge is -2.19. The summed E-state index contributed by atoms with van der Waals surface area (Å²) in [5.41, 5.74) is 7.10. The van der Waals surface area contributed by atoms with E-state index in [1.165, 1.54) is 24.8 Å². The number of benzene rings is 1. The Balaban J connectivity index is 2.55. The first-order valence-electron chi connectivity index (χ1n) is 6.60. The average Bonchev–Trinajstić information content (AvgIpc) is 2.31. The maximum Gasteiger partial charge on any atom is 0.0438 e. The minimum atomic E-state index is 0.552. The Labute approximate surface area is 110 Å². The number of hydrogen-bond acceptors (Lipinski definition) is 1. The first-order valence-corrected chi connectivity index (χ1v) is 6.98. The highest BCUT2D eigenvalue weighted by Crippen LogP contribution is 2.23. The fourth-order valence-corrected chi connectivity index (χ4v) is 2.63. The fraction of sp³-hybridized carbons (Fsp3) is 0.600. The molecule has 0 heterocycles. The molecule has 2 heteroatoms. The maximum atomic E-state index is 6.18. The standard InChI is InChI=1S/C15H24ClN/c1-3-6-12(2)9-13(11-17)10-14-7-4-5-8-15(14)16/h4-5,7-8,12-13H,3,6,9-11,17H2,1-2H3. The van der Waals surface area contributed by atoms with Crippen LogP contribution in [0.1, 0.15) is 38.7 Å². The predicted octanol–water partition coefficient (Wildman–Crippen LogP) is 4.28. The molecule has 1 aromatic rings. The number of nitrogens with two attached hydrogens (primary N) is 1. The highest BCUT2D eigenvalue weighted by Gasteiger charge is 2.13. The highest BCUT2D eigenvalue weighted by molar-refractivity contribution is 6.31. The molecule has 0 spiro atoms. The molecule has 1 aromatic carbocycles. The molecular weight excluding hydrogens is 230 g/mol. The summed E-state index contributed by atoms with van der Waals surface area (Å²) in [5, 5.41) is 0.870. The van der Waals surface area contributed by atoms with Gasteiger partial charge in [0.2, 0.25) is 0 Å². The topological polar surface area (TPSA) is 26.0 Å². The third-order valence-corrected chi connectivity index (χ3v) is 3.69. The molecule has 0 amide bonds. The second-order valence-corrected chi connectivity index (χ2v) is 5.43. The molecular formula is C15H24ClN. The van der Waals surface area contributed by atoms with Gasteiger partial charge in [0, 0.05) is 5.02 Å². The van der Waals surface area contributed by atoms with Crippen LogP contribution in [0.25, 0.3) is 0 Å². The van der Waals surface area contributed by atoms with E-state index in [0.717, 1.165) is 23.9 Å². The summed E-state index contributed by atoms with van der Waals surface area (Å²) >= 11 is 6.18. The Hall–Kier alpha value is -0.530. The summed E-state index contributed by atoms with van der Waals surface area (Å²) in [7, 11) is 0. The highest BCUT2D eigenvalue weighted by atomic mass is 35.5. The zero-order valence-corrected chi connectivity index (χ0v) is 11.7. The lowest BCUT2D eigenvalue weighted by molar-refractivity contribution is 0.375.